The molecule has 1 aromatic rings. The molecule has 94 valence electrons. The summed E-state index contributed by atoms with van der Waals surface area (Å²) in [5.74, 6) is 0. The standard InChI is InChI=1S/C13H19BrN2O/c1-17-9-8-16-7-6-12(15)13(16)10-4-2-3-5-11(10)14/h2-5,12-13H,6-9,15H2,1H3. The van der Waals surface area contributed by atoms with Gasteiger partial charge in [0.1, 0.15) is 0 Å². The first-order chi connectivity index (χ1) is 8.24. The highest BCUT2D eigenvalue weighted by molar-refractivity contribution is 9.10. The van der Waals surface area contributed by atoms with Crippen molar-refractivity contribution in [1.29, 1.82) is 0 Å². The second-order valence-corrected chi connectivity index (χ2v) is 5.30. The third kappa shape index (κ3) is 2.88. The smallest absolute Gasteiger partial charge is 0.0589 e. The van der Waals surface area contributed by atoms with Crippen LogP contribution in [0.2, 0.25) is 0 Å². The van der Waals surface area contributed by atoms with Gasteiger partial charge in [-0.25, -0.2) is 0 Å². The Labute approximate surface area is 111 Å². The van der Waals surface area contributed by atoms with Crippen LogP contribution in [0, 0.1) is 0 Å². The number of methoxy groups -OCH3 is 1. The molecule has 1 aliphatic rings. The SMILES string of the molecule is COCCN1CCC(N)C1c1ccccc1Br. The lowest BCUT2D eigenvalue weighted by molar-refractivity contribution is 0.139. The molecule has 2 N–H and O–H groups in total. The van der Waals surface area contributed by atoms with Gasteiger partial charge in [-0.2, -0.15) is 0 Å². The van der Waals surface area contributed by atoms with Crippen LogP contribution >= 0.6 is 15.9 Å². The van der Waals surface area contributed by atoms with Crippen LogP contribution in [-0.2, 0) is 4.74 Å². The maximum Gasteiger partial charge on any atom is 0.0589 e. The van der Waals surface area contributed by atoms with Crippen molar-refractivity contribution in [2.75, 3.05) is 26.8 Å². The van der Waals surface area contributed by atoms with Crippen LogP contribution in [0.15, 0.2) is 28.7 Å². The first-order valence-electron chi connectivity index (χ1n) is 5.97. The van der Waals surface area contributed by atoms with Gasteiger partial charge < -0.3 is 10.5 Å². The molecule has 0 radical (unpaired) electrons. The Hall–Kier alpha value is -0.420. The number of likely N-dealkylation sites (tertiary alicyclic amines) is 1. The minimum atomic E-state index is 0.213. The Morgan fingerprint density at radius 2 is 2.24 bits per heavy atom. The van der Waals surface area contributed by atoms with Gasteiger partial charge in [-0.3, -0.25) is 4.90 Å². The van der Waals surface area contributed by atoms with E-state index in [1.165, 1.54) is 5.56 Å². The number of nitrogens with two attached hydrogens (primary N) is 1. The van der Waals surface area contributed by atoms with E-state index in [1.807, 2.05) is 6.07 Å². The molecule has 2 rings (SSSR count). The maximum absolute atomic E-state index is 6.24. The summed E-state index contributed by atoms with van der Waals surface area (Å²) in [6.07, 6.45) is 1.05. The Morgan fingerprint density at radius 3 is 2.94 bits per heavy atom. The van der Waals surface area contributed by atoms with Gasteiger partial charge >= 0.3 is 0 Å². The molecule has 1 heterocycles. The van der Waals surface area contributed by atoms with Crippen molar-refractivity contribution in [1.82, 2.24) is 4.90 Å². The fourth-order valence-electron chi connectivity index (χ4n) is 2.48. The molecule has 3 nitrogen and oxygen atoms in total. The normalized spacial score (nSPS) is 25.4. The largest absolute Gasteiger partial charge is 0.383 e. The maximum atomic E-state index is 6.24. The molecular formula is C13H19BrN2O. The Bertz CT molecular complexity index is 372. The van der Waals surface area contributed by atoms with Crippen LogP contribution in [-0.4, -0.2) is 37.7 Å². The number of halogens is 1. The van der Waals surface area contributed by atoms with Gasteiger partial charge in [-0.05, 0) is 18.1 Å². The van der Waals surface area contributed by atoms with Crippen molar-refractivity contribution in [3.63, 3.8) is 0 Å². The molecule has 2 unspecified atom stereocenters. The quantitative estimate of drug-likeness (QED) is 0.926. The summed E-state index contributed by atoms with van der Waals surface area (Å²) in [5, 5.41) is 0. The van der Waals surface area contributed by atoms with Gasteiger partial charge in [-0.1, -0.05) is 34.1 Å². The van der Waals surface area contributed by atoms with E-state index in [1.54, 1.807) is 7.11 Å². The predicted molar refractivity (Wildman–Crippen MR) is 72.9 cm³/mol. The lowest BCUT2D eigenvalue weighted by Gasteiger charge is -2.27. The third-order valence-electron chi connectivity index (χ3n) is 3.36. The van der Waals surface area contributed by atoms with E-state index in [2.05, 4.69) is 39.0 Å². The zero-order valence-electron chi connectivity index (χ0n) is 10.1. The number of rotatable bonds is 4. The Balaban J connectivity index is 2.18. The zero-order valence-corrected chi connectivity index (χ0v) is 11.7. The molecule has 1 aliphatic heterocycles. The summed E-state index contributed by atoms with van der Waals surface area (Å²) in [6, 6.07) is 8.85. The van der Waals surface area contributed by atoms with Crippen molar-refractivity contribution in [3.8, 4) is 0 Å². The summed E-state index contributed by atoms with van der Waals surface area (Å²) in [7, 11) is 1.74. The van der Waals surface area contributed by atoms with Gasteiger partial charge in [0.25, 0.3) is 0 Å². The summed E-state index contributed by atoms with van der Waals surface area (Å²) in [6.45, 7) is 2.75. The molecule has 1 aromatic carbocycles. The summed E-state index contributed by atoms with van der Waals surface area (Å²) >= 11 is 3.62. The molecule has 17 heavy (non-hydrogen) atoms. The Morgan fingerprint density at radius 1 is 1.47 bits per heavy atom. The van der Waals surface area contributed by atoms with Crippen LogP contribution in [0.25, 0.3) is 0 Å². The number of nitrogens with zero attached hydrogens (tertiary/aromatic N) is 1. The molecule has 0 saturated carbocycles. The first kappa shape index (κ1) is 13.0. The summed E-state index contributed by atoms with van der Waals surface area (Å²) in [5.41, 5.74) is 7.52. The van der Waals surface area contributed by atoms with Crippen LogP contribution in [0.4, 0.5) is 0 Å². The second-order valence-electron chi connectivity index (χ2n) is 4.45. The second kappa shape index (κ2) is 5.96. The zero-order chi connectivity index (χ0) is 12.3. The first-order valence-corrected chi connectivity index (χ1v) is 6.76. The predicted octanol–water partition coefficient (Wildman–Crippen LogP) is 2.17. The molecule has 1 fully saturated rings. The topological polar surface area (TPSA) is 38.5 Å². The monoisotopic (exact) mass is 298 g/mol. The van der Waals surface area contributed by atoms with Gasteiger partial charge in [0.05, 0.1) is 12.6 Å². The minimum Gasteiger partial charge on any atom is -0.383 e. The Kier molecular flexibility index (Phi) is 4.56. The van der Waals surface area contributed by atoms with Crippen molar-refractivity contribution >= 4 is 15.9 Å². The fourth-order valence-corrected chi connectivity index (χ4v) is 3.00. The van der Waals surface area contributed by atoms with E-state index >= 15 is 0 Å². The molecule has 0 amide bonds. The molecule has 0 spiro atoms. The number of hydrogen-bond acceptors (Lipinski definition) is 3. The molecule has 4 heteroatoms. The molecular weight excluding hydrogens is 280 g/mol. The molecule has 0 aromatic heterocycles. The van der Waals surface area contributed by atoms with E-state index in [-0.39, 0.29) is 6.04 Å². The molecule has 0 aliphatic carbocycles. The van der Waals surface area contributed by atoms with Gasteiger partial charge in [0.15, 0.2) is 0 Å². The van der Waals surface area contributed by atoms with E-state index < -0.39 is 0 Å². The molecule has 2 atom stereocenters. The van der Waals surface area contributed by atoms with Crippen molar-refractivity contribution in [2.24, 2.45) is 5.73 Å². The lowest BCUT2D eigenvalue weighted by Crippen LogP contribution is -2.33. The van der Waals surface area contributed by atoms with Crippen LogP contribution in [0.5, 0.6) is 0 Å². The van der Waals surface area contributed by atoms with E-state index in [0.717, 1.165) is 30.6 Å². The third-order valence-corrected chi connectivity index (χ3v) is 4.08. The van der Waals surface area contributed by atoms with Crippen LogP contribution in [0.3, 0.4) is 0 Å². The van der Waals surface area contributed by atoms with Gasteiger partial charge in [0.2, 0.25) is 0 Å². The van der Waals surface area contributed by atoms with Gasteiger partial charge in [-0.15, -0.1) is 0 Å². The highest BCUT2D eigenvalue weighted by Crippen LogP contribution is 2.34. The minimum absolute atomic E-state index is 0.213. The average molecular weight is 299 g/mol. The fraction of sp³-hybridized carbons (Fsp3) is 0.538. The van der Waals surface area contributed by atoms with E-state index in [0.29, 0.717) is 6.04 Å². The van der Waals surface area contributed by atoms with Crippen molar-refractivity contribution in [3.05, 3.63) is 34.3 Å². The lowest BCUT2D eigenvalue weighted by atomic mass is 10.0. The number of hydrogen-bond donors (Lipinski definition) is 1. The summed E-state index contributed by atoms with van der Waals surface area (Å²) in [4.78, 5) is 2.41. The van der Waals surface area contributed by atoms with E-state index in [9.17, 15) is 0 Å². The number of ether oxygens (including phenoxy) is 1. The summed E-state index contributed by atoms with van der Waals surface area (Å²) < 4.78 is 6.30. The highest BCUT2D eigenvalue weighted by atomic mass is 79.9. The molecule has 1 saturated heterocycles. The van der Waals surface area contributed by atoms with Crippen LogP contribution < -0.4 is 5.73 Å². The number of benzene rings is 1. The average Bonchev–Trinajstić information content (AvgIpc) is 2.69. The van der Waals surface area contributed by atoms with E-state index in [4.69, 9.17) is 10.5 Å². The van der Waals surface area contributed by atoms with Crippen molar-refractivity contribution in [2.45, 2.75) is 18.5 Å². The van der Waals surface area contributed by atoms with Crippen molar-refractivity contribution < 1.29 is 4.74 Å². The van der Waals surface area contributed by atoms with Crippen LogP contribution in [0.1, 0.15) is 18.0 Å². The highest BCUT2D eigenvalue weighted by Gasteiger charge is 2.33. The van der Waals surface area contributed by atoms with Gasteiger partial charge in [0, 0.05) is 30.7 Å². The molecule has 0 bridgehead atoms.